The lowest BCUT2D eigenvalue weighted by molar-refractivity contribution is -0.130. The Labute approximate surface area is 142 Å². The first-order chi connectivity index (χ1) is 11.5. The van der Waals surface area contributed by atoms with Crippen LogP contribution in [-0.2, 0) is 25.7 Å². The molecule has 5 heteroatoms. The van der Waals surface area contributed by atoms with E-state index in [0.717, 1.165) is 17.5 Å². The zero-order chi connectivity index (χ0) is 17.9. The van der Waals surface area contributed by atoms with Crippen molar-refractivity contribution in [1.29, 1.82) is 0 Å². The maximum absolute atomic E-state index is 12.9. The summed E-state index contributed by atoms with van der Waals surface area (Å²) in [6, 6.07) is 5.31. The first kappa shape index (κ1) is 17.9. The third kappa shape index (κ3) is 3.11. The fraction of sp³-hybridized carbons (Fsp3) is 0.421. The van der Waals surface area contributed by atoms with Crippen LogP contribution in [0.1, 0.15) is 31.4 Å². The summed E-state index contributed by atoms with van der Waals surface area (Å²) >= 11 is 0. The number of benzene rings is 1. The first-order valence-electron chi connectivity index (χ1n) is 8.11. The van der Waals surface area contributed by atoms with Crippen molar-refractivity contribution in [2.75, 3.05) is 4.90 Å². The maximum Gasteiger partial charge on any atom is 0.293 e. The van der Waals surface area contributed by atoms with Gasteiger partial charge in [-0.1, -0.05) is 26.0 Å². The van der Waals surface area contributed by atoms with Gasteiger partial charge in [0, 0.05) is 5.92 Å². The predicted octanol–water partition coefficient (Wildman–Crippen LogP) is 3.01. The second-order valence-electron chi connectivity index (χ2n) is 6.15. The Morgan fingerprint density at radius 3 is 2.62 bits per heavy atom. The van der Waals surface area contributed by atoms with Gasteiger partial charge in [-0.3, -0.25) is 19.3 Å². The smallest absolute Gasteiger partial charge is 0.293 e. The summed E-state index contributed by atoms with van der Waals surface area (Å²) in [5, 5.41) is 0. The topological polar surface area (TPSA) is 63.7 Å². The van der Waals surface area contributed by atoms with E-state index in [2.05, 4.69) is 6.58 Å². The quantitative estimate of drug-likeness (QED) is 0.438. The van der Waals surface area contributed by atoms with Crippen molar-refractivity contribution in [2.45, 2.75) is 33.8 Å². The van der Waals surface area contributed by atoms with E-state index in [-0.39, 0.29) is 36.2 Å². The van der Waals surface area contributed by atoms with Crippen molar-refractivity contribution in [3.8, 4) is 0 Å². The lowest BCUT2D eigenvalue weighted by Gasteiger charge is -2.20. The van der Waals surface area contributed by atoms with E-state index >= 15 is 0 Å². The Morgan fingerprint density at radius 2 is 2.04 bits per heavy atom. The van der Waals surface area contributed by atoms with Crippen LogP contribution >= 0.6 is 0 Å². The molecule has 1 saturated heterocycles. The zero-order valence-corrected chi connectivity index (χ0v) is 14.3. The minimum absolute atomic E-state index is 0.0234. The van der Waals surface area contributed by atoms with Crippen molar-refractivity contribution in [3.63, 3.8) is 0 Å². The molecule has 1 fully saturated rings. The highest BCUT2D eigenvalue weighted by molar-refractivity contribution is 6.22. The number of aryl methyl sites for hydroxylation is 1. The number of allylic oxidation sites excluding steroid dienone is 1. The summed E-state index contributed by atoms with van der Waals surface area (Å²) in [5.41, 5.74) is 2.22. The molecule has 0 N–H and O–H groups in total. The summed E-state index contributed by atoms with van der Waals surface area (Å²) in [6.07, 6.45) is 2.52. The lowest BCUT2D eigenvalue weighted by atomic mass is 9.83. The van der Waals surface area contributed by atoms with Crippen LogP contribution in [0.25, 0.3) is 0 Å². The molecule has 0 radical (unpaired) electrons. The van der Waals surface area contributed by atoms with Crippen LogP contribution in [0.2, 0.25) is 0 Å². The molecule has 1 aliphatic rings. The monoisotopic (exact) mass is 329 g/mol. The number of nitrogens with zero attached hydrogens (tertiary/aromatic N) is 1. The first-order valence-corrected chi connectivity index (χ1v) is 8.11. The van der Waals surface area contributed by atoms with Crippen LogP contribution in [0.15, 0.2) is 30.9 Å². The molecule has 1 aromatic rings. The Morgan fingerprint density at radius 1 is 1.33 bits per heavy atom. The van der Waals surface area contributed by atoms with Crippen LogP contribution in [0.3, 0.4) is 0 Å². The van der Waals surface area contributed by atoms with E-state index in [1.54, 1.807) is 25.1 Å². The number of imide groups is 1. The highest BCUT2D eigenvalue weighted by atomic mass is 16.5. The number of hydrogen-bond acceptors (Lipinski definition) is 4. The van der Waals surface area contributed by atoms with Gasteiger partial charge in [-0.25, -0.2) is 0 Å². The minimum Gasteiger partial charge on any atom is -0.463 e. The third-order valence-electron chi connectivity index (χ3n) is 4.79. The molecule has 2 rings (SSSR count). The maximum atomic E-state index is 12.9. The largest absolute Gasteiger partial charge is 0.463 e. The number of rotatable bonds is 7. The fourth-order valence-electron chi connectivity index (χ4n) is 3.28. The van der Waals surface area contributed by atoms with Crippen molar-refractivity contribution in [3.05, 3.63) is 42.0 Å². The number of hydrogen-bond donors (Lipinski definition) is 0. The molecule has 1 aromatic carbocycles. The average molecular weight is 329 g/mol. The van der Waals surface area contributed by atoms with Gasteiger partial charge in [-0.15, -0.1) is 6.58 Å². The van der Waals surface area contributed by atoms with E-state index in [1.165, 1.54) is 4.90 Å². The summed E-state index contributed by atoms with van der Waals surface area (Å²) in [7, 11) is 0. The van der Waals surface area contributed by atoms with Crippen molar-refractivity contribution in [2.24, 2.45) is 17.8 Å². The molecule has 0 spiro atoms. The van der Waals surface area contributed by atoms with E-state index in [4.69, 9.17) is 4.74 Å². The van der Waals surface area contributed by atoms with Crippen molar-refractivity contribution < 1.29 is 19.1 Å². The van der Waals surface area contributed by atoms with Crippen LogP contribution < -0.4 is 4.90 Å². The van der Waals surface area contributed by atoms with Crippen molar-refractivity contribution >= 4 is 24.0 Å². The Bertz CT molecular complexity index is 667. The molecule has 0 saturated carbocycles. The molecular formula is C19H23NO4. The molecule has 24 heavy (non-hydrogen) atoms. The van der Waals surface area contributed by atoms with Gasteiger partial charge in [0.2, 0.25) is 11.8 Å². The number of carbonyl (C=O) groups excluding carboxylic acids is 3. The van der Waals surface area contributed by atoms with Crippen molar-refractivity contribution in [1.82, 2.24) is 0 Å². The van der Waals surface area contributed by atoms with E-state index < -0.39 is 0 Å². The molecule has 0 aromatic heterocycles. The average Bonchev–Trinajstić information content (AvgIpc) is 2.79. The highest BCUT2D eigenvalue weighted by Crippen LogP contribution is 2.37. The number of carbonyl (C=O) groups is 3. The SMILES string of the molecule is C=CC(CC)C1C(=O)N(c2ccc(C)c(COC=O)c2)C(=O)C1C. The second-order valence-corrected chi connectivity index (χ2v) is 6.15. The van der Waals surface area contributed by atoms with E-state index in [0.29, 0.717) is 12.2 Å². The van der Waals surface area contributed by atoms with Crippen LogP contribution in [-0.4, -0.2) is 18.3 Å². The molecule has 3 atom stereocenters. The number of amides is 2. The van der Waals surface area contributed by atoms with E-state index in [9.17, 15) is 14.4 Å². The molecule has 0 bridgehead atoms. The van der Waals surface area contributed by atoms with Gasteiger partial charge >= 0.3 is 0 Å². The van der Waals surface area contributed by atoms with E-state index in [1.807, 2.05) is 19.9 Å². The van der Waals surface area contributed by atoms with Gasteiger partial charge < -0.3 is 4.74 Å². The van der Waals surface area contributed by atoms with Gasteiger partial charge in [0.05, 0.1) is 11.6 Å². The van der Waals surface area contributed by atoms with Gasteiger partial charge in [-0.2, -0.15) is 0 Å². The summed E-state index contributed by atoms with van der Waals surface area (Å²) in [6.45, 7) is 9.96. The molecule has 2 amide bonds. The number of ether oxygens (including phenoxy) is 1. The van der Waals surface area contributed by atoms with Crippen LogP contribution in [0, 0.1) is 24.7 Å². The Hall–Kier alpha value is -2.43. The molecule has 3 unspecified atom stereocenters. The van der Waals surface area contributed by atoms with Gasteiger partial charge in [-0.05, 0) is 42.5 Å². The second kappa shape index (κ2) is 7.43. The molecule has 1 aliphatic heterocycles. The third-order valence-corrected chi connectivity index (χ3v) is 4.79. The molecule has 128 valence electrons. The Balaban J connectivity index is 2.38. The standard InChI is InChI=1S/C19H23NO4/c1-5-14(6-2)17-13(4)18(22)20(19(17)23)16-8-7-12(3)15(9-16)10-24-11-21/h5,7-9,11,13-14,17H,1,6,10H2,2-4H3. The van der Waals surface area contributed by atoms with Gasteiger partial charge in [0.1, 0.15) is 6.61 Å². The fourth-order valence-corrected chi connectivity index (χ4v) is 3.28. The molecule has 5 nitrogen and oxygen atoms in total. The lowest BCUT2D eigenvalue weighted by Crippen LogP contribution is -2.32. The molecule has 0 aliphatic carbocycles. The predicted molar refractivity (Wildman–Crippen MR) is 91.2 cm³/mol. The minimum atomic E-state index is -0.379. The summed E-state index contributed by atoms with van der Waals surface area (Å²) in [4.78, 5) is 37.2. The van der Waals surface area contributed by atoms with Crippen LogP contribution in [0.5, 0.6) is 0 Å². The zero-order valence-electron chi connectivity index (χ0n) is 14.3. The molecular weight excluding hydrogens is 306 g/mol. The van der Waals surface area contributed by atoms with Gasteiger partial charge in [0.15, 0.2) is 0 Å². The van der Waals surface area contributed by atoms with Crippen LogP contribution in [0.4, 0.5) is 5.69 Å². The Kier molecular flexibility index (Phi) is 5.54. The summed E-state index contributed by atoms with van der Waals surface area (Å²) < 4.78 is 4.80. The molecule has 1 heterocycles. The van der Waals surface area contributed by atoms with Gasteiger partial charge in [0.25, 0.3) is 6.47 Å². The normalized spacial score (nSPS) is 21.7. The summed E-state index contributed by atoms with van der Waals surface area (Å²) in [5.74, 6) is -1.17. The number of anilines is 1. The highest BCUT2D eigenvalue weighted by Gasteiger charge is 2.48.